The Labute approximate surface area is 351 Å². The molecule has 60 heavy (non-hydrogen) atoms. The molecule has 1 nitrogen and oxygen atoms in total. The van der Waals surface area contributed by atoms with Gasteiger partial charge < -0.3 is 4.90 Å². The molecule has 10 aromatic carbocycles. The van der Waals surface area contributed by atoms with Crippen LogP contribution in [0.1, 0.15) is 48.6 Å². The summed E-state index contributed by atoms with van der Waals surface area (Å²) >= 11 is 0. The van der Waals surface area contributed by atoms with Gasteiger partial charge in [0.15, 0.2) is 0 Å². The average molecular weight is 766 g/mol. The Kier molecular flexibility index (Phi) is 7.47. The summed E-state index contributed by atoms with van der Waals surface area (Å²) in [6, 6.07) is 77.4. The molecule has 0 heterocycles. The van der Waals surface area contributed by atoms with E-state index in [4.69, 9.17) is 0 Å². The zero-order valence-electron chi connectivity index (χ0n) is 34.1. The van der Waals surface area contributed by atoms with Crippen LogP contribution >= 0.6 is 0 Å². The zero-order chi connectivity index (χ0) is 40.2. The molecule has 1 heteroatoms. The van der Waals surface area contributed by atoms with Crippen LogP contribution in [0.5, 0.6) is 0 Å². The monoisotopic (exact) mass is 765 g/mol. The van der Waals surface area contributed by atoms with Crippen molar-refractivity contribution in [2.24, 2.45) is 0 Å². The minimum atomic E-state index is -0.428. The highest BCUT2D eigenvalue weighted by atomic mass is 15.1. The molecule has 0 aromatic heterocycles. The molecule has 1 spiro atoms. The fourth-order valence-electron chi connectivity index (χ4n) is 10.7. The van der Waals surface area contributed by atoms with E-state index in [2.05, 4.69) is 232 Å². The normalized spacial score (nSPS) is 13.4. The van der Waals surface area contributed by atoms with Crippen molar-refractivity contribution in [3.63, 3.8) is 0 Å². The molecule has 0 N–H and O–H groups in total. The van der Waals surface area contributed by atoms with Crippen LogP contribution in [0.15, 0.2) is 206 Å². The van der Waals surface area contributed by atoms with E-state index in [1.807, 2.05) is 0 Å². The Hall–Kier alpha value is -7.22. The standard InChI is InChI=1S/C59H43N/c1-58(2,3)40-28-24-38(25-29-40)39-26-30-41(31-27-39)60(42-32-34-48-46-16-5-4-14-44(46)45-15-6-7-17-47(45)53(48)36-42)43-33-35-52-51-20-10-13-23-56(51)59(57(52)37-43)54-21-11-8-18-49(54)50-19-9-12-22-55(50)59/h4-37H,1-3H3. The number of benzene rings is 10. The number of nitrogens with zero attached hydrogens (tertiary/aromatic N) is 1. The number of hydrogen-bond donors (Lipinski definition) is 0. The van der Waals surface area contributed by atoms with Crippen LogP contribution in [-0.2, 0) is 10.8 Å². The van der Waals surface area contributed by atoms with Crippen LogP contribution < -0.4 is 4.90 Å². The van der Waals surface area contributed by atoms with Gasteiger partial charge in [0.25, 0.3) is 0 Å². The summed E-state index contributed by atoms with van der Waals surface area (Å²) in [5.41, 5.74) is 17.5. The van der Waals surface area contributed by atoms with Crippen molar-refractivity contribution in [2.45, 2.75) is 31.6 Å². The minimum Gasteiger partial charge on any atom is -0.310 e. The lowest BCUT2D eigenvalue weighted by Crippen LogP contribution is -2.26. The second-order valence-corrected chi connectivity index (χ2v) is 17.6. The molecule has 12 rings (SSSR count). The van der Waals surface area contributed by atoms with Crippen LogP contribution in [0, 0.1) is 0 Å². The van der Waals surface area contributed by atoms with Crippen molar-refractivity contribution in [1.29, 1.82) is 0 Å². The smallest absolute Gasteiger partial charge is 0.0726 e. The van der Waals surface area contributed by atoms with Gasteiger partial charge in [-0.1, -0.05) is 191 Å². The number of fused-ring (bicyclic) bond motifs is 16. The highest BCUT2D eigenvalue weighted by Gasteiger charge is 2.51. The van der Waals surface area contributed by atoms with Crippen LogP contribution in [0.2, 0.25) is 0 Å². The number of anilines is 3. The minimum absolute atomic E-state index is 0.110. The number of hydrogen-bond acceptors (Lipinski definition) is 1. The maximum atomic E-state index is 2.50. The van der Waals surface area contributed by atoms with Crippen molar-refractivity contribution >= 4 is 49.4 Å². The highest BCUT2D eigenvalue weighted by Crippen LogP contribution is 2.63. The van der Waals surface area contributed by atoms with Gasteiger partial charge in [0, 0.05) is 17.1 Å². The summed E-state index contributed by atoms with van der Waals surface area (Å²) in [7, 11) is 0. The van der Waals surface area contributed by atoms with Gasteiger partial charge in [-0.15, -0.1) is 0 Å². The van der Waals surface area contributed by atoms with E-state index in [9.17, 15) is 0 Å². The van der Waals surface area contributed by atoms with Gasteiger partial charge in [-0.3, -0.25) is 0 Å². The third kappa shape index (κ3) is 4.93. The summed E-state index contributed by atoms with van der Waals surface area (Å²) in [6.45, 7) is 6.81. The lowest BCUT2D eigenvalue weighted by Gasteiger charge is -2.32. The third-order valence-corrected chi connectivity index (χ3v) is 13.4. The highest BCUT2D eigenvalue weighted by molar-refractivity contribution is 6.25. The first-order chi connectivity index (χ1) is 29.4. The molecule has 0 bridgehead atoms. The van der Waals surface area contributed by atoms with Crippen molar-refractivity contribution < 1.29 is 0 Å². The summed E-state index contributed by atoms with van der Waals surface area (Å²) in [6.07, 6.45) is 0. The van der Waals surface area contributed by atoms with Gasteiger partial charge in [-0.25, -0.2) is 0 Å². The van der Waals surface area contributed by atoms with E-state index >= 15 is 0 Å². The molecule has 0 saturated carbocycles. The van der Waals surface area contributed by atoms with Crippen molar-refractivity contribution in [3.8, 4) is 33.4 Å². The van der Waals surface area contributed by atoms with E-state index in [0.29, 0.717) is 0 Å². The summed E-state index contributed by atoms with van der Waals surface area (Å²) in [4.78, 5) is 2.47. The molecular weight excluding hydrogens is 723 g/mol. The first-order valence-corrected chi connectivity index (χ1v) is 21.2. The Morgan fingerprint density at radius 3 is 1.22 bits per heavy atom. The fourth-order valence-corrected chi connectivity index (χ4v) is 10.7. The second-order valence-electron chi connectivity index (χ2n) is 17.6. The average Bonchev–Trinajstić information content (AvgIpc) is 3.76. The van der Waals surface area contributed by atoms with Crippen LogP contribution in [0.3, 0.4) is 0 Å². The molecule has 0 amide bonds. The van der Waals surface area contributed by atoms with Gasteiger partial charge in [-0.05, 0) is 135 Å². The van der Waals surface area contributed by atoms with Gasteiger partial charge >= 0.3 is 0 Å². The predicted molar refractivity (Wildman–Crippen MR) is 254 cm³/mol. The number of rotatable bonds is 4. The molecule has 10 aromatic rings. The molecule has 0 atom stereocenters. The maximum Gasteiger partial charge on any atom is 0.0726 e. The summed E-state index contributed by atoms with van der Waals surface area (Å²) in [5.74, 6) is 0. The fraction of sp³-hybridized carbons (Fsp3) is 0.0847. The van der Waals surface area contributed by atoms with Gasteiger partial charge in [0.1, 0.15) is 0 Å². The summed E-state index contributed by atoms with van der Waals surface area (Å²) < 4.78 is 0. The Balaban J connectivity index is 1.09. The molecular formula is C59H43N. The van der Waals surface area contributed by atoms with E-state index in [-0.39, 0.29) is 5.41 Å². The molecule has 284 valence electrons. The summed E-state index contributed by atoms with van der Waals surface area (Å²) in [5, 5.41) is 7.64. The van der Waals surface area contributed by atoms with E-state index in [1.165, 1.54) is 93.5 Å². The first kappa shape index (κ1) is 34.8. The molecule has 0 radical (unpaired) electrons. The third-order valence-electron chi connectivity index (χ3n) is 13.4. The van der Waals surface area contributed by atoms with Crippen LogP contribution in [0.25, 0.3) is 65.7 Å². The molecule has 2 aliphatic carbocycles. The first-order valence-electron chi connectivity index (χ1n) is 21.2. The van der Waals surface area contributed by atoms with Gasteiger partial charge in [-0.2, -0.15) is 0 Å². The second kappa shape index (κ2) is 12.9. The topological polar surface area (TPSA) is 3.24 Å². The van der Waals surface area contributed by atoms with E-state index in [0.717, 1.165) is 17.1 Å². The van der Waals surface area contributed by atoms with Gasteiger partial charge in [0.2, 0.25) is 0 Å². The molecule has 0 unspecified atom stereocenters. The van der Waals surface area contributed by atoms with Crippen molar-refractivity contribution in [3.05, 3.63) is 234 Å². The zero-order valence-corrected chi connectivity index (χ0v) is 34.1. The molecule has 2 aliphatic rings. The van der Waals surface area contributed by atoms with Gasteiger partial charge in [0.05, 0.1) is 5.41 Å². The van der Waals surface area contributed by atoms with E-state index in [1.54, 1.807) is 0 Å². The van der Waals surface area contributed by atoms with Crippen molar-refractivity contribution in [1.82, 2.24) is 0 Å². The largest absolute Gasteiger partial charge is 0.310 e. The maximum absolute atomic E-state index is 2.50. The quantitative estimate of drug-likeness (QED) is 0.161. The van der Waals surface area contributed by atoms with Crippen LogP contribution in [-0.4, -0.2) is 0 Å². The Morgan fingerprint density at radius 2 is 0.700 bits per heavy atom. The SMILES string of the molecule is CC(C)(C)c1ccc(-c2ccc(N(c3ccc4c(c3)C3(c5ccccc5-c5ccccc53)c3ccccc3-4)c3ccc4c5ccccc5c5ccccc5c4c3)cc2)cc1. The lowest BCUT2D eigenvalue weighted by molar-refractivity contribution is 0.590. The van der Waals surface area contributed by atoms with E-state index < -0.39 is 5.41 Å². The molecule has 0 aliphatic heterocycles. The molecule has 0 fully saturated rings. The van der Waals surface area contributed by atoms with Crippen molar-refractivity contribution in [2.75, 3.05) is 4.90 Å². The lowest BCUT2D eigenvalue weighted by atomic mass is 9.70. The Bertz CT molecular complexity index is 3250. The van der Waals surface area contributed by atoms with Crippen LogP contribution in [0.4, 0.5) is 17.1 Å². The predicted octanol–water partition coefficient (Wildman–Crippen LogP) is 15.9. The Morgan fingerprint density at radius 1 is 0.317 bits per heavy atom. The molecule has 0 saturated heterocycles.